The van der Waals surface area contributed by atoms with Gasteiger partial charge in [0.25, 0.3) is 0 Å². The molecule has 2 rings (SSSR count). The van der Waals surface area contributed by atoms with Crippen LogP contribution in [0.25, 0.3) is 0 Å². The van der Waals surface area contributed by atoms with Gasteiger partial charge in [0.15, 0.2) is 0 Å². The molecule has 2 N–H and O–H groups in total. The van der Waals surface area contributed by atoms with Gasteiger partial charge in [0.1, 0.15) is 5.54 Å². The summed E-state index contributed by atoms with van der Waals surface area (Å²) >= 11 is 0. The first kappa shape index (κ1) is 10.9. The van der Waals surface area contributed by atoms with Gasteiger partial charge in [0.2, 0.25) is 0 Å². The number of nitrogens with two attached hydrogens (primary N) is 1. The molecule has 1 aliphatic heterocycles. The fourth-order valence-electron chi connectivity index (χ4n) is 2.95. The first-order chi connectivity index (χ1) is 7.18. The number of hydrogen-bond donors (Lipinski definition) is 1. The highest BCUT2D eigenvalue weighted by Crippen LogP contribution is 2.40. The van der Waals surface area contributed by atoms with Gasteiger partial charge in [-0.1, -0.05) is 25.7 Å². The van der Waals surface area contributed by atoms with E-state index in [1.807, 2.05) is 0 Å². The number of ether oxygens (including phenoxy) is 1. The van der Waals surface area contributed by atoms with E-state index in [4.69, 9.17) is 15.7 Å². The maximum Gasteiger partial charge on any atom is 0.109 e. The Labute approximate surface area is 91.6 Å². The van der Waals surface area contributed by atoms with Crippen LogP contribution in [-0.2, 0) is 4.74 Å². The SMILES string of the molecule is N#CC1(N)CCOC2(CCCCCC2)C1. The van der Waals surface area contributed by atoms with Gasteiger partial charge < -0.3 is 10.5 Å². The van der Waals surface area contributed by atoms with E-state index in [1.165, 1.54) is 25.7 Å². The zero-order chi connectivity index (χ0) is 10.8. The molecule has 1 unspecified atom stereocenters. The smallest absolute Gasteiger partial charge is 0.109 e. The van der Waals surface area contributed by atoms with Crippen LogP contribution in [0.4, 0.5) is 0 Å². The lowest BCUT2D eigenvalue weighted by Gasteiger charge is -2.42. The third-order valence-corrected chi connectivity index (χ3v) is 3.83. The first-order valence-electron chi connectivity index (χ1n) is 6.02. The molecule has 0 radical (unpaired) electrons. The van der Waals surface area contributed by atoms with E-state index in [2.05, 4.69) is 6.07 Å². The number of nitrogens with zero attached hydrogens (tertiary/aromatic N) is 1. The van der Waals surface area contributed by atoms with E-state index < -0.39 is 5.54 Å². The Bertz CT molecular complexity index is 263. The summed E-state index contributed by atoms with van der Waals surface area (Å²) in [6, 6.07) is 2.27. The minimum Gasteiger partial charge on any atom is -0.375 e. The molecule has 1 saturated heterocycles. The monoisotopic (exact) mass is 208 g/mol. The fraction of sp³-hybridized carbons (Fsp3) is 0.917. The van der Waals surface area contributed by atoms with Crippen molar-refractivity contribution in [2.75, 3.05) is 6.61 Å². The zero-order valence-corrected chi connectivity index (χ0v) is 9.30. The molecule has 84 valence electrons. The lowest BCUT2D eigenvalue weighted by molar-refractivity contribution is -0.103. The van der Waals surface area contributed by atoms with Crippen molar-refractivity contribution in [1.29, 1.82) is 5.26 Å². The van der Waals surface area contributed by atoms with Crippen LogP contribution in [0.5, 0.6) is 0 Å². The largest absolute Gasteiger partial charge is 0.375 e. The molecular weight excluding hydrogens is 188 g/mol. The van der Waals surface area contributed by atoms with Crippen molar-refractivity contribution in [2.24, 2.45) is 5.73 Å². The van der Waals surface area contributed by atoms with Gasteiger partial charge in [0, 0.05) is 12.8 Å². The molecule has 0 bridgehead atoms. The van der Waals surface area contributed by atoms with Crippen LogP contribution in [-0.4, -0.2) is 17.7 Å². The van der Waals surface area contributed by atoms with Crippen LogP contribution in [0.15, 0.2) is 0 Å². The van der Waals surface area contributed by atoms with Gasteiger partial charge in [-0.05, 0) is 12.8 Å². The van der Waals surface area contributed by atoms with Crippen molar-refractivity contribution >= 4 is 0 Å². The Hall–Kier alpha value is -0.590. The highest BCUT2D eigenvalue weighted by atomic mass is 16.5. The van der Waals surface area contributed by atoms with E-state index in [0.29, 0.717) is 13.0 Å². The summed E-state index contributed by atoms with van der Waals surface area (Å²) in [7, 11) is 0. The summed E-state index contributed by atoms with van der Waals surface area (Å²) in [6.45, 7) is 0.657. The Balaban J connectivity index is 2.10. The van der Waals surface area contributed by atoms with Crippen molar-refractivity contribution < 1.29 is 4.74 Å². The van der Waals surface area contributed by atoms with E-state index in [1.54, 1.807) is 0 Å². The maximum atomic E-state index is 9.10. The maximum absolute atomic E-state index is 9.10. The van der Waals surface area contributed by atoms with Gasteiger partial charge >= 0.3 is 0 Å². The standard InChI is InChI=1S/C12H20N2O/c13-10-11(14)7-8-15-12(9-11)5-3-1-2-4-6-12/h1-9,14H2. The van der Waals surface area contributed by atoms with Gasteiger partial charge in [-0.2, -0.15) is 5.26 Å². The molecule has 3 heteroatoms. The topological polar surface area (TPSA) is 59.0 Å². The summed E-state index contributed by atoms with van der Waals surface area (Å²) < 4.78 is 5.95. The Morgan fingerprint density at radius 1 is 1.07 bits per heavy atom. The van der Waals surface area contributed by atoms with Gasteiger partial charge in [0.05, 0.1) is 18.3 Å². The summed E-state index contributed by atoms with van der Waals surface area (Å²) in [4.78, 5) is 0. The molecule has 0 aromatic rings. The number of hydrogen-bond acceptors (Lipinski definition) is 3. The summed E-state index contributed by atoms with van der Waals surface area (Å²) in [6.07, 6.45) is 8.65. The first-order valence-corrected chi connectivity index (χ1v) is 6.02. The van der Waals surface area contributed by atoms with Crippen LogP contribution in [0.1, 0.15) is 51.4 Å². The van der Waals surface area contributed by atoms with Crippen molar-refractivity contribution in [1.82, 2.24) is 0 Å². The molecule has 1 aliphatic carbocycles. The molecule has 0 aromatic carbocycles. The average Bonchev–Trinajstić information content (AvgIpc) is 2.44. The second-order valence-corrected chi connectivity index (χ2v) is 5.14. The molecule has 2 fully saturated rings. The Morgan fingerprint density at radius 2 is 1.73 bits per heavy atom. The normalized spacial score (nSPS) is 35.7. The van der Waals surface area contributed by atoms with Crippen molar-refractivity contribution in [3.63, 3.8) is 0 Å². The number of nitriles is 1. The van der Waals surface area contributed by atoms with Crippen LogP contribution < -0.4 is 5.73 Å². The molecule has 2 aliphatic rings. The lowest BCUT2D eigenvalue weighted by Crippen LogP contribution is -2.53. The minimum atomic E-state index is -0.636. The highest BCUT2D eigenvalue weighted by Gasteiger charge is 2.43. The quantitative estimate of drug-likeness (QED) is 0.663. The Kier molecular flexibility index (Phi) is 2.99. The lowest BCUT2D eigenvalue weighted by atomic mass is 9.77. The van der Waals surface area contributed by atoms with Gasteiger partial charge in [-0.25, -0.2) is 0 Å². The zero-order valence-electron chi connectivity index (χ0n) is 9.30. The van der Waals surface area contributed by atoms with Crippen LogP contribution in [0.2, 0.25) is 0 Å². The van der Waals surface area contributed by atoms with Crippen molar-refractivity contribution in [3.8, 4) is 6.07 Å². The fourth-order valence-corrected chi connectivity index (χ4v) is 2.95. The van der Waals surface area contributed by atoms with Crippen molar-refractivity contribution in [2.45, 2.75) is 62.5 Å². The molecule has 1 atom stereocenters. The van der Waals surface area contributed by atoms with E-state index in [9.17, 15) is 0 Å². The molecule has 15 heavy (non-hydrogen) atoms. The predicted octanol–water partition coefficient (Wildman–Crippen LogP) is 2.11. The molecule has 1 heterocycles. The van der Waals surface area contributed by atoms with Crippen molar-refractivity contribution in [3.05, 3.63) is 0 Å². The van der Waals surface area contributed by atoms with Gasteiger partial charge in [-0.15, -0.1) is 0 Å². The summed E-state index contributed by atoms with van der Waals surface area (Å²) in [5, 5.41) is 9.10. The minimum absolute atomic E-state index is 0.0702. The second-order valence-electron chi connectivity index (χ2n) is 5.14. The predicted molar refractivity (Wildman–Crippen MR) is 58.2 cm³/mol. The van der Waals surface area contributed by atoms with Crippen LogP contribution in [0.3, 0.4) is 0 Å². The molecular formula is C12H20N2O. The van der Waals surface area contributed by atoms with Crippen LogP contribution >= 0.6 is 0 Å². The number of rotatable bonds is 0. The average molecular weight is 208 g/mol. The molecule has 1 spiro atoms. The van der Waals surface area contributed by atoms with E-state index >= 15 is 0 Å². The third-order valence-electron chi connectivity index (χ3n) is 3.83. The highest BCUT2D eigenvalue weighted by molar-refractivity contribution is 5.11. The molecule has 1 saturated carbocycles. The van der Waals surface area contributed by atoms with E-state index in [-0.39, 0.29) is 5.60 Å². The molecule has 0 aromatic heterocycles. The summed E-state index contributed by atoms with van der Waals surface area (Å²) in [5.41, 5.74) is 5.37. The second kappa shape index (κ2) is 4.11. The summed E-state index contributed by atoms with van der Waals surface area (Å²) in [5.74, 6) is 0. The molecule has 0 amide bonds. The van der Waals surface area contributed by atoms with Gasteiger partial charge in [-0.3, -0.25) is 0 Å². The third kappa shape index (κ3) is 2.32. The van der Waals surface area contributed by atoms with Crippen LogP contribution in [0, 0.1) is 11.3 Å². The van der Waals surface area contributed by atoms with E-state index in [0.717, 1.165) is 19.3 Å². The Morgan fingerprint density at radius 3 is 2.33 bits per heavy atom. The molecule has 3 nitrogen and oxygen atoms in total.